The zero-order chi connectivity index (χ0) is 24.0. The molecule has 4 aromatic rings. The third-order valence-electron chi connectivity index (χ3n) is 5.67. The molecule has 0 bridgehead atoms. The summed E-state index contributed by atoms with van der Waals surface area (Å²) >= 11 is 0. The van der Waals surface area contributed by atoms with Gasteiger partial charge in [0, 0.05) is 44.0 Å². The van der Waals surface area contributed by atoms with Crippen molar-refractivity contribution in [3.8, 4) is 5.75 Å². The highest BCUT2D eigenvalue weighted by Gasteiger charge is 2.23. The van der Waals surface area contributed by atoms with Gasteiger partial charge < -0.3 is 9.30 Å². The number of halogens is 1. The standard InChI is InChI=1S/C26H27N3O4S.ClH/c1-28-25-12-11-23(19-22(25)10-13-26(28)30)33-18-6-16-29(17-14-21-7-5-15-27-20-21)34(31,32)24-8-3-2-4-9-24;/h2-5,7-13,15,19-20H,6,14,16-18H2,1H3;1H. The molecule has 0 aliphatic heterocycles. The molecule has 0 spiro atoms. The average molecular weight is 514 g/mol. The summed E-state index contributed by atoms with van der Waals surface area (Å²) in [5, 5.41) is 0.907. The lowest BCUT2D eigenvalue weighted by Crippen LogP contribution is -2.34. The molecule has 2 heterocycles. The second-order valence-corrected chi connectivity index (χ2v) is 9.92. The van der Waals surface area contributed by atoms with Crippen molar-refractivity contribution < 1.29 is 13.2 Å². The highest BCUT2D eigenvalue weighted by molar-refractivity contribution is 7.89. The van der Waals surface area contributed by atoms with E-state index in [4.69, 9.17) is 4.74 Å². The largest absolute Gasteiger partial charge is 0.494 e. The third-order valence-corrected chi connectivity index (χ3v) is 7.58. The highest BCUT2D eigenvalue weighted by Crippen LogP contribution is 2.20. The second kappa shape index (κ2) is 12.0. The van der Waals surface area contributed by atoms with Crippen LogP contribution in [0.15, 0.2) is 94.9 Å². The Morgan fingerprint density at radius 2 is 1.77 bits per heavy atom. The number of sulfonamides is 1. The van der Waals surface area contributed by atoms with Crippen molar-refractivity contribution >= 4 is 33.3 Å². The first kappa shape index (κ1) is 26.4. The molecule has 7 nitrogen and oxygen atoms in total. The molecule has 0 unspecified atom stereocenters. The zero-order valence-corrected chi connectivity index (χ0v) is 21.0. The zero-order valence-electron chi connectivity index (χ0n) is 19.4. The van der Waals surface area contributed by atoms with Gasteiger partial charge in [-0.05, 0) is 60.9 Å². The van der Waals surface area contributed by atoms with Gasteiger partial charge in [0.15, 0.2) is 0 Å². The van der Waals surface area contributed by atoms with E-state index in [-0.39, 0.29) is 22.9 Å². The van der Waals surface area contributed by atoms with Crippen LogP contribution in [-0.2, 0) is 23.5 Å². The first-order valence-electron chi connectivity index (χ1n) is 11.1. The van der Waals surface area contributed by atoms with Gasteiger partial charge in [-0.25, -0.2) is 8.42 Å². The van der Waals surface area contributed by atoms with E-state index >= 15 is 0 Å². The first-order chi connectivity index (χ1) is 16.4. The Morgan fingerprint density at radius 1 is 0.971 bits per heavy atom. The van der Waals surface area contributed by atoms with E-state index in [9.17, 15) is 13.2 Å². The summed E-state index contributed by atoms with van der Waals surface area (Å²) in [6, 6.07) is 21.1. The minimum atomic E-state index is -3.63. The summed E-state index contributed by atoms with van der Waals surface area (Å²) < 4.78 is 35.5. The third kappa shape index (κ3) is 6.48. The van der Waals surface area contributed by atoms with Crippen molar-refractivity contribution in [3.63, 3.8) is 0 Å². The van der Waals surface area contributed by atoms with Crippen LogP contribution in [0.2, 0.25) is 0 Å². The van der Waals surface area contributed by atoms with Gasteiger partial charge in [-0.3, -0.25) is 9.78 Å². The van der Waals surface area contributed by atoms with Crippen LogP contribution in [0.1, 0.15) is 12.0 Å². The van der Waals surface area contributed by atoms with Gasteiger partial charge in [-0.15, -0.1) is 12.4 Å². The lowest BCUT2D eigenvalue weighted by atomic mass is 10.2. The van der Waals surface area contributed by atoms with Crippen LogP contribution in [0.5, 0.6) is 5.75 Å². The van der Waals surface area contributed by atoms with E-state index in [0.717, 1.165) is 16.5 Å². The molecule has 2 aromatic carbocycles. The molecule has 4 rings (SSSR count). The quantitative estimate of drug-likeness (QED) is 0.299. The van der Waals surface area contributed by atoms with Crippen LogP contribution < -0.4 is 10.3 Å². The first-order valence-corrected chi connectivity index (χ1v) is 12.6. The van der Waals surface area contributed by atoms with Crippen molar-refractivity contribution in [2.45, 2.75) is 17.7 Å². The number of aromatic nitrogens is 2. The number of nitrogens with zero attached hydrogens (tertiary/aromatic N) is 3. The van der Waals surface area contributed by atoms with Gasteiger partial charge in [0.05, 0.1) is 17.0 Å². The molecule has 0 aliphatic rings. The number of benzene rings is 2. The van der Waals surface area contributed by atoms with Crippen LogP contribution >= 0.6 is 12.4 Å². The summed E-state index contributed by atoms with van der Waals surface area (Å²) in [7, 11) is -1.89. The van der Waals surface area contributed by atoms with E-state index in [1.165, 1.54) is 10.4 Å². The maximum Gasteiger partial charge on any atom is 0.250 e. The number of ether oxygens (including phenoxy) is 1. The predicted molar refractivity (Wildman–Crippen MR) is 140 cm³/mol. The van der Waals surface area contributed by atoms with Crippen molar-refractivity contribution in [3.05, 3.63) is 101 Å². The molecule has 0 saturated carbocycles. The molecule has 0 amide bonds. The van der Waals surface area contributed by atoms with Crippen molar-refractivity contribution in [2.24, 2.45) is 7.05 Å². The number of rotatable bonds is 10. The fourth-order valence-corrected chi connectivity index (χ4v) is 5.28. The molecule has 35 heavy (non-hydrogen) atoms. The fourth-order valence-electron chi connectivity index (χ4n) is 3.78. The Bertz CT molecular complexity index is 1410. The Balaban J connectivity index is 0.00000342. The lowest BCUT2D eigenvalue weighted by Gasteiger charge is -2.22. The number of pyridine rings is 2. The van der Waals surface area contributed by atoms with E-state index in [2.05, 4.69) is 4.98 Å². The Labute approximate surface area is 211 Å². The average Bonchev–Trinajstić information content (AvgIpc) is 2.87. The molecular weight excluding hydrogens is 486 g/mol. The molecule has 0 radical (unpaired) electrons. The number of hydrogen-bond acceptors (Lipinski definition) is 5. The van der Waals surface area contributed by atoms with E-state index < -0.39 is 10.0 Å². The molecule has 0 saturated heterocycles. The van der Waals surface area contributed by atoms with Gasteiger partial charge in [0.25, 0.3) is 5.56 Å². The molecule has 0 aliphatic carbocycles. The molecule has 0 N–H and O–H groups in total. The van der Waals surface area contributed by atoms with Gasteiger partial charge >= 0.3 is 0 Å². The normalized spacial score (nSPS) is 11.4. The summed E-state index contributed by atoms with van der Waals surface area (Å²) in [6.07, 6.45) is 4.56. The Morgan fingerprint density at radius 3 is 2.51 bits per heavy atom. The topological polar surface area (TPSA) is 81.5 Å². The van der Waals surface area contributed by atoms with E-state index in [1.807, 2.05) is 30.3 Å². The second-order valence-electron chi connectivity index (χ2n) is 7.98. The van der Waals surface area contributed by atoms with E-state index in [1.54, 1.807) is 60.4 Å². The summed E-state index contributed by atoms with van der Waals surface area (Å²) in [5.74, 6) is 0.680. The summed E-state index contributed by atoms with van der Waals surface area (Å²) in [5.41, 5.74) is 1.75. The van der Waals surface area contributed by atoms with Gasteiger partial charge in [0.1, 0.15) is 5.75 Å². The predicted octanol–water partition coefficient (Wildman–Crippen LogP) is 4.06. The minimum Gasteiger partial charge on any atom is -0.494 e. The number of aryl methyl sites for hydroxylation is 1. The van der Waals surface area contributed by atoms with Crippen molar-refractivity contribution in [1.82, 2.24) is 13.9 Å². The Hall–Kier alpha value is -3.20. The SMILES string of the molecule is Cl.Cn1c(=O)ccc2cc(OCCCN(CCc3cccnc3)S(=O)(=O)c3ccccc3)ccc21. The Kier molecular flexibility index (Phi) is 9.03. The molecule has 184 valence electrons. The van der Waals surface area contributed by atoms with Crippen LogP contribution in [0, 0.1) is 0 Å². The molecular formula is C26H28ClN3O4S. The minimum absolute atomic E-state index is 0. The monoisotopic (exact) mass is 513 g/mol. The van der Waals surface area contributed by atoms with Gasteiger partial charge in [-0.1, -0.05) is 24.3 Å². The number of hydrogen-bond donors (Lipinski definition) is 0. The van der Waals surface area contributed by atoms with Crippen molar-refractivity contribution in [1.29, 1.82) is 0 Å². The van der Waals surface area contributed by atoms with Gasteiger partial charge in [0.2, 0.25) is 10.0 Å². The highest BCUT2D eigenvalue weighted by atomic mass is 35.5. The smallest absolute Gasteiger partial charge is 0.250 e. The molecule has 2 aromatic heterocycles. The van der Waals surface area contributed by atoms with Crippen LogP contribution in [0.25, 0.3) is 10.9 Å². The molecule has 0 fully saturated rings. The summed E-state index contributed by atoms with van der Waals surface area (Å²) in [4.78, 5) is 16.2. The lowest BCUT2D eigenvalue weighted by molar-refractivity contribution is 0.289. The van der Waals surface area contributed by atoms with E-state index in [0.29, 0.717) is 38.3 Å². The molecule has 0 atom stereocenters. The van der Waals surface area contributed by atoms with Gasteiger partial charge in [-0.2, -0.15) is 4.31 Å². The summed E-state index contributed by atoms with van der Waals surface area (Å²) in [6.45, 7) is 1.05. The number of fused-ring (bicyclic) bond motifs is 1. The van der Waals surface area contributed by atoms with Crippen LogP contribution in [0.4, 0.5) is 0 Å². The fraction of sp³-hybridized carbons (Fsp3) is 0.231. The van der Waals surface area contributed by atoms with Crippen molar-refractivity contribution in [2.75, 3.05) is 19.7 Å². The molecule has 9 heteroatoms. The maximum absolute atomic E-state index is 13.3. The van der Waals surface area contributed by atoms with Crippen LogP contribution in [0.3, 0.4) is 0 Å². The van der Waals surface area contributed by atoms with Crippen LogP contribution in [-0.4, -0.2) is 42.0 Å². The maximum atomic E-state index is 13.3.